The summed E-state index contributed by atoms with van der Waals surface area (Å²) in [5.41, 5.74) is 2.24. The van der Waals surface area contributed by atoms with E-state index in [1.165, 1.54) is 17.8 Å². The number of amides is 1. The van der Waals surface area contributed by atoms with Gasteiger partial charge in [-0.05, 0) is 31.9 Å². The molecule has 0 N–H and O–H groups in total. The lowest BCUT2D eigenvalue weighted by molar-refractivity contribution is -0.126. The highest BCUT2D eigenvalue weighted by molar-refractivity contribution is 8.08. The van der Waals surface area contributed by atoms with Crippen LogP contribution in [0.3, 0.4) is 0 Å². The van der Waals surface area contributed by atoms with Gasteiger partial charge in [0.15, 0.2) is 0 Å². The Morgan fingerprint density at radius 1 is 1.19 bits per heavy atom. The first-order valence-corrected chi connectivity index (χ1v) is 12.6. The van der Waals surface area contributed by atoms with E-state index in [9.17, 15) is 9.59 Å². The van der Waals surface area contributed by atoms with Crippen molar-refractivity contribution >= 4 is 51.0 Å². The summed E-state index contributed by atoms with van der Waals surface area (Å²) in [6, 6.07) is 8.28. The zero-order chi connectivity index (χ0) is 22.4. The van der Waals surface area contributed by atoms with Crippen molar-refractivity contribution in [1.29, 1.82) is 0 Å². The standard InChI is InChI=1S/C24H26N4O2S2/c1-4-14-27-22(30)20(24-26(3)17-12-8-9-13-18(17)31-24)32-23(27)19-15(2)25-28(21(19)29)16-10-6-5-7-11-16/h4,8-9,12-13,16H,1,5-7,10-11,14H2,2-3H3. The predicted molar refractivity (Wildman–Crippen MR) is 132 cm³/mol. The summed E-state index contributed by atoms with van der Waals surface area (Å²) in [6.07, 6.45) is 7.16. The van der Waals surface area contributed by atoms with E-state index in [-0.39, 0.29) is 17.5 Å². The van der Waals surface area contributed by atoms with Gasteiger partial charge in [-0.15, -0.1) is 17.9 Å². The fourth-order valence-corrected chi connectivity index (χ4v) is 7.22. The van der Waals surface area contributed by atoms with Gasteiger partial charge in [-0.1, -0.05) is 49.2 Å². The molecule has 1 amide bonds. The Hall–Kier alpha value is -2.58. The van der Waals surface area contributed by atoms with Crippen LogP contribution < -0.4 is 19.7 Å². The second kappa shape index (κ2) is 8.41. The number of rotatable bonds is 3. The van der Waals surface area contributed by atoms with Crippen LogP contribution in [0.4, 0.5) is 5.69 Å². The Labute approximate surface area is 195 Å². The predicted octanol–water partition coefficient (Wildman–Crippen LogP) is 3.11. The molecule has 166 valence electrons. The zero-order valence-corrected chi connectivity index (χ0v) is 20.0. The number of hydrogen-bond acceptors (Lipinski definition) is 6. The SMILES string of the molecule is C=CCn1c(=C2C(=O)N(C3CCCCC3)N=C2C)sc(=C2Sc3ccccc3N2C)c1=O. The number of nitrogens with zero attached hydrogens (tertiary/aromatic N) is 4. The number of carbonyl (C=O) groups excluding carboxylic acids is 1. The number of thioether (sulfide) groups is 1. The highest BCUT2D eigenvalue weighted by atomic mass is 32.2. The first-order valence-electron chi connectivity index (χ1n) is 11.0. The van der Waals surface area contributed by atoms with Crippen LogP contribution in [0.25, 0.3) is 10.6 Å². The van der Waals surface area contributed by atoms with Crippen molar-refractivity contribution in [2.24, 2.45) is 5.10 Å². The van der Waals surface area contributed by atoms with Crippen molar-refractivity contribution in [3.05, 3.63) is 56.5 Å². The molecule has 3 heterocycles. The van der Waals surface area contributed by atoms with Gasteiger partial charge >= 0.3 is 0 Å². The molecule has 0 radical (unpaired) electrons. The number of hydrogen-bond donors (Lipinski definition) is 0. The molecule has 8 heteroatoms. The van der Waals surface area contributed by atoms with E-state index in [0.29, 0.717) is 27.0 Å². The van der Waals surface area contributed by atoms with E-state index < -0.39 is 0 Å². The fraction of sp³-hybridized carbons (Fsp3) is 0.375. The molecule has 1 aromatic carbocycles. The lowest BCUT2D eigenvalue weighted by atomic mass is 9.95. The summed E-state index contributed by atoms with van der Waals surface area (Å²) in [5, 5.41) is 7.21. The van der Waals surface area contributed by atoms with E-state index in [4.69, 9.17) is 0 Å². The molecule has 1 aromatic heterocycles. The third-order valence-electron chi connectivity index (χ3n) is 6.30. The quantitative estimate of drug-likeness (QED) is 0.653. The average molecular weight is 467 g/mol. The maximum atomic E-state index is 13.5. The molecule has 0 bridgehead atoms. The first kappa shape index (κ1) is 21.3. The summed E-state index contributed by atoms with van der Waals surface area (Å²) < 4.78 is 3.00. The number of carbonyl (C=O) groups is 1. The minimum atomic E-state index is -0.0868. The van der Waals surface area contributed by atoms with Gasteiger partial charge in [0, 0.05) is 18.5 Å². The van der Waals surface area contributed by atoms with Crippen LogP contribution in [0.2, 0.25) is 0 Å². The van der Waals surface area contributed by atoms with E-state index in [0.717, 1.165) is 41.3 Å². The van der Waals surface area contributed by atoms with Crippen LogP contribution in [-0.4, -0.2) is 34.3 Å². The molecule has 6 nitrogen and oxygen atoms in total. The van der Waals surface area contributed by atoms with Crippen LogP contribution in [0, 0.1) is 0 Å². The number of thiazole rings is 1. The Kier molecular flexibility index (Phi) is 5.59. The molecular formula is C24H26N4O2S2. The van der Waals surface area contributed by atoms with Crippen molar-refractivity contribution < 1.29 is 4.79 Å². The van der Waals surface area contributed by atoms with Gasteiger partial charge in [0.1, 0.15) is 14.2 Å². The minimum Gasteiger partial charge on any atom is -0.337 e. The molecule has 0 saturated heterocycles. The van der Waals surface area contributed by atoms with Crippen molar-refractivity contribution in [1.82, 2.24) is 9.58 Å². The normalized spacial score (nSPS) is 22.4. The molecule has 1 aliphatic carbocycles. The van der Waals surface area contributed by atoms with E-state index in [1.807, 2.05) is 26.1 Å². The van der Waals surface area contributed by atoms with Gasteiger partial charge in [0.2, 0.25) is 0 Å². The van der Waals surface area contributed by atoms with Crippen LogP contribution in [0.15, 0.2) is 51.7 Å². The van der Waals surface area contributed by atoms with Crippen molar-refractivity contribution in [2.45, 2.75) is 56.5 Å². The van der Waals surface area contributed by atoms with E-state index >= 15 is 0 Å². The number of allylic oxidation sites excluding steroid dienone is 1. The van der Waals surface area contributed by atoms with Crippen molar-refractivity contribution in [3.8, 4) is 0 Å². The molecule has 2 aromatic rings. The maximum Gasteiger partial charge on any atom is 0.279 e. The monoisotopic (exact) mass is 466 g/mol. The second-order valence-electron chi connectivity index (χ2n) is 8.38. The number of benzene rings is 1. The zero-order valence-electron chi connectivity index (χ0n) is 18.3. The molecule has 0 unspecified atom stereocenters. The number of anilines is 1. The number of hydrazone groups is 1. The molecule has 32 heavy (non-hydrogen) atoms. The summed E-state index contributed by atoms with van der Waals surface area (Å²) in [5.74, 6) is -0.0827. The summed E-state index contributed by atoms with van der Waals surface area (Å²) in [4.78, 5) is 30.2. The van der Waals surface area contributed by atoms with Gasteiger partial charge in [-0.2, -0.15) is 5.10 Å². The molecule has 0 spiro atoms. The molecule has 5 rings (SSSR count). The lowest BCUT2D eigenvalue weighted by Crippen LogP contribution is -2.38. The summed E-state index contributed by atoms with van der Waals surface area (Å²) in [6.45, 7) is 6.06. The third kappa shape index (κ3) is 3.36. The minimum absolute atomic E-state index is 0.0827. The summed E-state index contributed by atoms with van der Waals surface area (Å²) in [7, 11) is 1.98. The van der Waals surface area contributed by atoms with Crippen molar-refractivity contribution in [3.63, 3.8) is 0 Å². The molecule has 1 saturated carbocycles. The van der Waals surface area contributed by atoms with Gasteiger partial charge < -0.3 is 4.90 Å². The van der Waals surface area contributed by atoms with Gasteiger partial charge in [0.05, 0.1) is 23.0 Å². The molecule has 2 aliphatic heterocycles. The number of fused-ring (bicyclic) bond motifs is 1. The van der Waals surface area contributed by atoms with E-state index in [2.05, 4.69) is 28.7 Å². The number of para-hydroxylation sites is 1. The smallest absolute Gasteiger partial charge is 0.279 e. The largest absolute Gasteiger partial charge is 0.337 e. The fourth-order valence-electron chi connectivity index (χ4n) is 4.67. The average Bonchev–Trinajstić information content (AvgIpc) is 3.41. The first-order chi connectivity index (χ1) is 15.5. The van der Waals surface area contributed by atoms with Crippen LogP contribution >= 0.6 is 23.1 Å². The molecule has 0 atom stereocenters. The van der Waals surface area contributed by atoms with Gasteiger partial charge in [-0.25, -0.2) is 5.01 Å². The Morgan fingerprint density at radius 2 is 1.94 bits per heavy atom. The molecular weight excluding hydrogens is 440 g/mol. The second-order valence-corrected chi connectivity index (χ2v) is 10.4. The van der Waals surface area contributed by atoms with Gasteiger partial charge in [-0.3, -0.25) is 14.2 Å². The van der Waals surface area contributed by atoms with Crippen LogP contribution in [0.5, 0.6) is 0 Å². The number of aromatic nitrogens is 1. The third-order valence-corrected chi connectivity index (χ3v) is 8.86. The molecule has 3 aliphatic rings. The Balaban J connectivity index is 1.69. The van der Waals surface area contributed by atoms with Crippen LogP contribution in [0.1, 0.15) is 39.0 Å². The lowest BCUT2D eigenvalue weighted by Gasteiger charge is -2.27. The van der Waals surface area contributed by atoms with Crippen LogP contribution in [-0.2, 0) is 11.3 Å². The Bertz CT molecular complexity index is 1310. The highest BCUT2D eigenvalue weighted by Gasteiger charge is 2.35. The topological polar surface area (TPSA) is 57.9 Å². The highest BCUT2D eigenvalue weighted by Crippen LogP contribution is 2.44. The Morgan fingerprint density at radius 3 is 2.66 bits per heavy atom. The van der Waals surface area contributed by atoms with E-state index in [1.54, 1.807) is 27.4 Å². The maximum absolute atomic E-state index is 13.5. The summed E-state index contributed by atoms with van der Waals surface area (Å²) >= 11 is 2.99. The molecule has 1 fully saturated rings. The van der Waals surface area contributed by atoms with Gasteiger partial charge in [0.25, 0.3) is 11.5 Å². The van der Waals surface area contributed by atoms with Crippen molar-refractivity contribution in [2.75, 3.05) is 11.9 Å².